The van der Waals surface area contributed by atoms with Crippen LogP contribution < -0.4 is 5.32 Å². The monoisotopic (exact) mass is 271 g/mol. The van der Waals surface area contributed by atoms with E-state index in [0.717, 1.165) is 12.1 Å². The van der Waals surface area contributed by atoms with Crippen molar-refractivity contribution < 1.29 is 4.39 Å². The number of nitrogens with one attached hydrogen (secondary N) is 1. The van der Waals surface area contributed by atoms with Crippen molar-refractivity contribution in [3.63, 3.8) is 0 Å². The molecule has 3 heteroatoms. The van der Waals surface area contributed by atoms with Crippen molar-refractivity contribution in [2.75, 3.05) is 6.54 Å². The first-order valence-corrected chi connectivity index (χ1v) is 5.70. The molecule has 1 N–H and O–H groups in total. The zero-order chi connectivity index (χ0) is 11.4. The van der Waals surface area contributed by atoms with Crippen molar-refractivity contribution >= 4 is 15.9 Å². The number of benzene rings is 1. The molecule has 1 rings (SSSR count). The maximum absolute atomic E-state index is 13.8. The molecule has 0 aliphatic rings. The number of rotatable bonds is 4. The van der Waals surface area contributed by atoms with Gasteiger partial charge in [-0.15, -0.1) is 0 Å². The van der Waals surface area contributed by atoms with Gasteiger partial charge in [-0.2, -0.15) is 0 Å². The van der Waals surface area contributed by atoms with Gasteiger partial charge in [0.05, 0.1) is 10.5 Å². The summed E-state index contributed by atoms with van der Waals surface area (Å²) in [5, 5.41) is 3.21. The van der Waals surface area contributed by atoms with Gasteiger partial charge in [-0.05, 0) is 35.5 Å². The van der Waals surface area contributed by atoms with Gasteiger partial charge in [0.15, 0.2) is 0 Å². The number of likely N-dealkylation sites (N-methyl/N-ethyl adjacent to an activating group) is 1. The van der Waals surface area contributed by atoms with Crippen LogP contribution in [0.25, 0.3) is 0 Å². The second kappa shape index (κ2) is 5.42. The van der Waals surface area contributed by atoms with Crippen LogP contribution in [-0.4, -0.2) is 6.54 Å². The summed E-state index contributed by atoms with van der Waals surface area (Å²) in [7, 11) is 0. The van der Waals surface area contributed by atoms with Crippen molar-refractivity contribution in [3.05, 3.63) is 46.2 Å². The number of halogens is 2. The van der Waals surface area contributed by atoms with Crippen LogP contribution in [0, 0.1) is 5.82 Å². The molecule has 15 heavy (non-hydrogen) atoms. The Kier molecular flexibility index (Phi) is 4.48. The number of hydrogen-bond acceptors (Lipinski definition) is 1. The van der Waals surface area contributed by atoms with Crippen molar-refractivity contribution in [1.82, 2.24) is 5.32 Å². The van der Waals surface area contributed by atoms with Crippen molar-refractivity contribution in [3.8, 4) is 0 Å². The molecule has 0 fully saturated rings. The number of hydrogen-bond donors (Lipinski definition) is 1. The Morgan fingerprint density at radius 3 is 2.80 bits per heavy atom. The Bertz CT molecular complexity index is 363. The van der Waals surface area contributed by atoms with Crippen molar-refractivity contribution in [2.45, 2.75) is 19.9 Å². The van der Waals surface area contributed by atoms with E-state index in [-0.39, 0.29) is 11.9 Å². The molecule has 1 aromatic carbocycles. The van der Waals surface area contributed by atoms with Crippen LogP contribution >= 0.6 is 15.9 Å². The Hall–Kier alpha value is -0.670. The van der Waals surface area contributed by atoms with E-state index in [4.69, 9.17) is 0 Å². The zero-order valence-corrected chi connectivity index (χ0v) is 10.6. The third-order valence-corrected chi connectivity index (χ3v) is 2.81. The molecule has 0 radical (unpaired) electrons. The Labute approximate surface area is 98.5 Å². The molecule has 0 spiro atoms. The largest absolute Gasteiger partial charge is 0.307 e. The molecule has 1 nitrogen and oxygen atoms in total. The standard InChI is InChI=1S/C12H15BrFN/c1-4-15-12(8(2)3)9-6-5-7-10(13)11(9)14/h5-7,12,15H,2,4H2,1,3H3. The predicted molar refractivity (Wildman–Crippen MR) is 65.3 cm³/mol. The van der Waals surface area contributed by atoms with E-state index >= 15 is 0 Å². The summed E-state index contributed by atoms with van der Waals surface area (Å²) in [5.74, 6) is -0.216. The summed E-state index contributed by atoms with van der Waals surface area (Å²) < 4.78 is 14.3. The van der Waals surface area contributed by atoms with Gasteiger partial charge in [-0.1, -0.05) is 31.2 Å². The lowest BCUT2D eigenvalue weighted by Crippen LogP contribution is -2.22. The first-order valence-electron chi connectivity index (χ1n) is 4.90. The average Bonchev–Trinajstić information content (AvgIpc) is 2.19. The minimum absolute atomic E-state index is 0.118. The predicted octanol–water partition coefficient (Wildman–Crippen LogP) is 3.81. The Morgan fingerprint density at radius 2 is 2.27 bits per heavy atom. The van der Waals surface area contributed by atoms with Crippen LogP contribution in [0.15, 0.2) is 34.8 Å². The molecule has 1 atom stereocenters. The van der Waals surface area contributed by atoms with Crippen LogP contribution in [0.1, 0.15) is 25.5 Å². The van der Waals surface area contributed by atoms with E-state index < -0.39 is 0 Å². The van der Waals surface area contributed by atoms with Gasteiger partial charge in [0.1, 0.15) is 5.82 Å². The van der Waals surface area contributed by atoms with Gasteiger partial charge >= 0.3 is 0 Å². The summed E-state index contributed by atoms with van der Waals surface area (Å²) in [5.41, 5.74) is 1.55. The maximum Gasteiger partial charge on any atom is 0.142 e. The third-order valence-electron chi connectivity index (χ3n) is 2.19. The van der Waals surface area contributed by atoms with Gasteiger partial charge in [0.2, 0.25) is 0 Å². The van der Waals surface area contributed by atoms with Crippen LogP contribution in [0.4, 0.5) is 4.39 Å². The lowest BCUT2D eigenvalue weighted by Gasteiger charge is -2.19. The van der Waals surface area contributed by atoms with E-state index in [9.17, 15) is 4.39 Å². The minimum Gasteiger partial charge on any atom is -0.307 e. The van der Waals surface area contributed by atoms with Crippen LogP contribution in [0.2, 0.25) is 0 Å². The van der Waals surface area contributed by atoms with Crippen LogP contribution in [-0.2, 0) is 0 Å². The van der Waals surface area contributed by atoms with Gasteiger partial charge in [0.25, 0.3) is 0 Å². The summed E-state index contributed by atoms with van der Waals surface area (Å²) in [6.07, 6.45) is 0. The molecule has 0 aliphatic heterocycles. The fraction of sp³-hybridized carbons (Fsp3) is 0.333. The Morgan fingerprint density at radius 1 is 1.60 bits per heavy atom. The van der Waals surface area contributed by atoms with Crippen molar-refractivity contribution in [1.29, 1.82) is 0 Å². The van der Waals surface area contributed by atoms with E-state index in [1.165, 1.54) is 0 Å². The molecular weight excluding hydrogens is 257 g/mol. The molecule has 0 amide bonds. The SMILES string of the molecule is C=C(C)C(NCC)c1cccc(Br)c1F. The highest BCUT2D eigenvalue weighted by molar-refractivity contribution is 9.10. The van der Waals surface area contributed by atoms with Gasteiger partial charge < -0.3 is 5.32 Å². The molecule has 82 valence electrons. The highest BCUT2D eigenvalue weighted by Crippen LogP contribution is 2.27. The van der Waals surface area contributed by atoms with Crippen LogP contribution in [0.5, 0.6) is 0 Å². The summed E-state index contributed by atoms with van der Waals surface area (Å²) in [6.45, 7) is 8.55. The van der Waals surface area contributed by atoms with Gasteiger partial charge in [-0.25, -0.2) is 4.39 Å². The summed E-state index contributed by atoms with van der Waals surface area (Å²) in [6, 6.07) is 5.19. The first-order chi connectivity index (χ1) is 7.07. The maximum atomic E-state index is 13.8. The van der Waals surface area contributed by atoms with Crippen LogP contribution in [0.3, 0.4) is 0 Å². The smallest absolute Gasteiger partial charge is 0.142 e. The highest BCUT2D eigenvalue weighted by atomic mass is 79.9. The molecule has 0 aromatic heterocycles. The fourth-order valence-electron chi connectivity index (χ4n) is 1.50. The topological polar surface area (TPSA) is 12.0 Å². The second-order valence-corrected chi connectivity index (χ2v) is 4.33. The summed E-state index contributed by atoms with van der Waals surface area (Å²) in [4.78, 5) is 0. The Balaban J connectivity index is 3.11. The second-order valence-electron chi connectivity index (χ2n) is 3.48. The lowest BCUT2D eigenvalue weighted by atomic mass is 10.0. The highest BCUT2D eigenvalue weighted by Gasteiger charge is 2.16. The molecule has 1 unspecified atom stereocenters. The molecule has 0 heterocycles. The van der Waals surface area contributed by atoms with E-state index in [1.807, 2.05) is 19.9 Å². The fourth-order valence-corrected chi connectivity index (χ4v) is 1.88. The molecule has 0 aliphatic carbocycles. The zero-order valence-electron chi connectivity index (χ0n) is 8.98. The molecule has 1 aromatic rings. The molecular formula is C12H15BrFN. The normalized spacial score (nSPS) is 12.5. The van der Waals surface area contributed by atoms with E-state index in [2.05, 4.69) is 27.8 Å². The molecule has 0 bridgehead atoms. The third kappa shape index (κ3) is 2.89. The lowest BCUT2D eigenvalue weighted by molar-refractivity contribution is 0.550. The van der Waals surface area contributed by atoms with Gasteiger partial charge in [-0.3, -0.25) is 0 Å². The van der Waals surface area contributed by atoms with Gasteiger partial charge in [0, 0.05) is 5.56 Å². The molecule has 0 saturated carbocycles. The van der Waals surface area contributed by atoms with Crippen molar-refractivity contribution in [2.24, 2.45) is 0 Å². The first kappa shape index (κ1) is 12.4. The molecule has 0 saturated heterocycles. The quantitative estimate of drug-likeness (QED) is 0.822. The van der Waals surface area contributed by atoms with E-state index in [0.29, 0.717) is 10.0 Å². The van der Waals surface area contributed by atoms with E-state index in [1.54, 1.807) is 12.1 Å². The summed E-state index contributed by atoms with van der Waals surface area (Å²) >= 11 is 3.18. The average molecular weight is 272 g/mol. The minimum atomic E-state index is -0.216.